The van der Waals surface area contributed by atoms with Crippen LogP contribution in [-0.4, -0.2) is 44.1 Å². The fraction of sp³-hybridized carbons (Fsp3) is 0.333. The molecule has 1 saturated heterocycles. The molecule has 140 valence electrons. The van der Waals surface area contributed by atoms with E-state index in [1.54, 1.807) is 4.90 Å². The molecule has 6 heteroatoms. The maximum atomic E-state index is 12.3. The SMILES string of the molecule is CN(C)Cc1cccc([C@@H]2CC(=O)Nc3cc(N4CCOC4=O)ccc32)c1. The number of amides is 2. The van der Waals surface area contributed by atoms with Gasteiger partial charge in [-0.2, -0.15) is 0 Å². The second-order valence-electron chi connectivity index (χ2n) is 7.33. The lowest BCUT2D eigenvalue weighted by molar-refractivity contribution is -0.116. The minimum atomic E-state index is -0.343. The molecule has 0 radical (unpaired) electrons. The normalized spacial score (nSPS) is 19.1. The number of carbonyl (C=O) groups excluding carboxylic acids is 2. The quantitative estimate of drug-likeness (QED) is 0.904. The van der Waals surface area contributed by atoms with E-state index in [0.717, 1.165) is 29.0 Å². The topological polar surface area (TPSA) is 61.9 Å². The first-order valence-corrected chi connectivity index (χ1v) is 9.13. The number of ether oxygens (including phenoxy) is 1. The molecule has 2 aromatic rings. The molecule has 1 fully saturated rings. The minimum absolute atomic E-state index is 0.00772. The molecule has 2 amide bonds. The molecule has 0 bridgehead atoms. The Kier molecular flexibility index (Phi) is 4.58. The molecule has 1 N–H and O–H groups in total. The summed E-state index contributed by atoms with van der Waals surface area (Å²) in [7, 11) is 4.09. The summed E-state index contributed by atoms with van der Waals surface area (Å²) in [6.45, 7) is 1.78. The van der Waals surface area contributed by atoms with Crippen molar-refractivity contribution in [3.63, 3.8) is 0 Å². The van der Waals surface area contributed by atoms with Gasteiger partial charge in [0.2, 0.25) is 5.91 Å². The Labute approximate surface area is 158 Å². The number of cyclic esters (lactones) is 1. The first kappa shape index (κ1) is 17.5. The summed E-state index contributed by atoms with van der Waals surface area (Å²) in [5, 5.41) is 2.96. The second-order valence-corrected chi connectivity index (χ2v) is 7.33. The number of rotatable bonds is 4. The Bertz CT molecular complexity index is 894. The van der Waals surface area contributed by atoms with Crippen molar-refractivity contribution in [2.45, 2.75) is 18.9 Å². The van der Waals surface area contributed by atoms with E-state index in [2.05, 4.69) is 34.5 Å². The molecule has 1 atom stereocenters. The number of hydrogen-bond acceptors (Lipinski definition) is 4. The van der Waals surface area contributed by atoms with Crippen LogP contribution in [0.25, 0.3) is 0 Å². The monoisotopic (exact) mass is 365 g/mol. The number of carbonyl (C=O) groups is 2. The molecular formula is C21H23N3O3. The highest BCUT2D eigenvalue weighted by Crippen LogP contribution is 2.39. The predicted octanol–water partition coefficient (Wildman–Crippen LogP) is 3.18. The lowest BCUT2D eigenvalue weighted by Crippen LogP contribution is -2.26. The Morgan fingerprint density at radius 2 is 2.04 bits per heavy atom. The van der Waals surface area contributed by atoms with E-state index >= 15 is 0 Å². The van der Waals surface area contributed by atoms with Gasteiger partial charge in [0, 0.05) is 30.3 Å². The average molecular weight is 365 g/mol. The van der Waals surface area contributed by atoms with Gasteiger partial charge in [0.1, 0.15) is 6.61 Å². The van der Waals surface area contributed by atoms with Crippen molar-refractivity contribution in [1.82, 2.24) is 4.90 Å². The largest absolute Gasteiger partial charge is 0.447 e. The smallest absolute Gasteiger partial charge is 0.414 e. The van der Waals surface area contributed by atoms with E-state index in [-0.39, 0.29) is 17.9 Å². The molecule has 0 aromatic heterocycles. The molecule has 2 aromatic carbocycles. The second kappa shape index (κ2) is 7.04. The van der Waals surface area contributed by atoms with Gasteiger partial charge in [-0.25, -0.2) is 4.79 Å². The van der Waals surface area contributed by atoms with E-state index in [9.17, 15) is 9.59 Å². The number of fused-ring (bicyclic) bond motifs is 1. The van der Waals surface area contributed by atoms with Crippen LogP contribution in [0.5, 0.6) is 0 Å². The predicted molar refractivity (Wildman–Crippen MR) is 104 cm³/mol. The maximum Gasteiger partial charge on any atom is 0.414 e. The number of nitrogens with one attached hydrogen (secondary N) is 1. The molecule has 0 saturated carbocycles. The molecule has 0 aliphatic carbocycles. The summed E-state index contributed by atoms with van der Waals surface area (Å²) in [4.78, 5) is 27.9. The fourth-order valence-corrected chi connectivity index (χ4v) is 3.82. The first-order valence-electron chi connectivity index (χ1n) is 9.13. The van der Waals surface area contributed by atoms with Crippen LogP contribution in [0.2, 0.25) is 0 Å². The van der Waals surface area contributed by atoms with Crippen molar-refractivity contribution in [2.75, 3.05) is 37.5 Å². The van der Waals surface area contributed by atoms with E-state index in [4.69, 9.17) is 4.74 Å². The number of benzene rings is 2. The van der Waals surface area contributed by atoms with Crippen molar-refractivity contribution >= 4 is 23.4 Å². The third kappa shape index (κ3) is 3.53. The van der Waals surface area contributed by atoms with E-state index in [0.29, 0.717) is 19.6 Å². The summed E-state index contributed by atoms with van der Waals surface area (Å²) in [5.41, 5.74) is 4.96. The van der Waals surface area contributed by atoms with E-state index in [1.165, 1.54) is 5.56 Å². The summed E-state index contributed by atoms with van der Waals surface area (Å²) < 4.78 is 5.02. The summed E-state index contributed by atoms with van der Waals surface area (Å²) >= 11 is 0. The maximum absolute atomic E-state index is 12.3. The Morgan fingerprint density at radius 3 is 2.78 bits per heavy atom. The van der Waals surface area contributed by atoms with Crippen molar-refractivity contribution in [2.24, 2.45) is 0 Å². The van der Waals surface area contributed by atoms with Gasteiger partial charge in [-0.05, 0) is 42.9 Å². The molecule has 6 nitrogen and oxygen atoms in total. The van der Waals surface area contributed by atoms with Crippen LogP contribution in [0.1, 0.15) is 29.0 Å². The first-order chi connectivity index (χ1) is 13.0. The van der Waals surface area contributed by atoms with Gasteiger partial charge in [0.25, 0.3) is 0 Å². The lowest BCUT2D eigenvalue weighted by Gasteiger charge is -2.28. The lowest BCUT2D eigenvalue weighted by atomic mass is 9.84. The molecule has 2 aliphatic rings. The highest BCUT2D eigenvalue weighted by atomic mass is 16.6. The highest BCUT2D eigenvalue weighted by molar-refractivity contribution is 5.97. The molecule has 0 unspecified atom stereocenters. The van der Waals surface area contributed by atoms with Gasteiger partial charge in [-0.3, -0.25) is 9.69 Å². The summed E-state index contributed by atoms with van der Waals surface area (Å²) in [6, 6.07) is 14.2. The minimum Gasteiger partial charge on any atom is -0.447 e. The molecular weight excluding hydrogens is 342 g/mol. The van der Waals surface area contributed by atoms with Crippen LogP contribution in [0.4, 0.5) is 16.2 Å². The van der Waals surface area contributed by atoms with Crippen molar-refractivity contribution < 1.29 is 14.3 Å². The third-order valence-electron chi connectivity index (χ3n) is 5.00. The van der Waals surface area contributed by atoms with E-state index < -0.39 is 0 Å². The standard InChI is InChI=1S/C21H23N3O3/c1-23(2)13-14-4-3-5-15(10-14)18-12-20(25)22-19-11-16(6-7-17(18)19)24-8-9-27-21(24)26/h3-7,10-11,18H,8-9,12-13H2,1-2H3,(H,22,25)/t18-/m0/s1. The van der Waals surface area contributed by atoms with Crippen LogP contribution in [0, 0.1) is 0 Å². The van der Waals surface area contributed by atoms with Crippen LogP contribution >= 0.6 is 0 Å². The van der Waals surface area contributed by atoms with Crippen molar-refractivity contribution in [3.8, 4) is 0 Å². The van der Waals surface area contributed by atoms with Crippen LogP contribution in [0.3, 0.4) is 0 Å². The molecule has 2 heterocycles. The number of hydrogen-bond donors (Lipinski definition) is 1. The Balaban J connectivity index is 1.69. The van der Waals surface area contributed by atoms with E-state index in [1.807, 2.05) is 32.3 Å². The fourth-order valence-electron chi connectivity index (χ4n) is 3.82. The molecule has 0 spiro atoms. The van der Waals surface area contributed by atoms with Gasteiger partial charge in [0.05, 0.1) is 6.54 Å². The Hall–Kier alpha value is -2.86. The van der Waals surface area contributed by atoms with Crippen molar-refractivity contribution in [3.05, 3.63) is 59.2 Å². The molecule has 2 aliphatic heterocycles. The van der Waals surface area contributed by atoms with Crippen LogP contribution < -0.4 is 10.2 Å². The summed E-state index contributed by atoms with van der Waals surface area (Å²) in [5.74, 6) is 0.00195. The summed E-state index contributed by atoms with van der Waals surface area (Å²) in [6.07, 6.45) is 0.0776. The third-order valence-corrected chi connectivity index (χ3v) is 5.00. The van der Waals surface area contributed by atoms with Gasteiger partial charge in [-0.15, -0.1) is 0 Å². The zero-order valence-electron chi connectivity index (χ0n) is 15.6. The zero-order chi connectivity index (χ0) is 19.0. The molecule has 27 heavy (non-hydrogen) atoms. The average Bonchev–Trinajstić information content (AvgIpc) is 3.06. The van der Waals surface area contributed by atoms with Crippen LogP contribution in [-0.2, 0) is 16.1 Å². The zero-order valence-corrected chi connectivity index (χ0v) is 15.6. The number of nitrogens with zero attached hydrogens (tertiary/aromatic N) is 2. The Morgan fingerprint density at radius 1 is 1.19 bits per heavy atom. The van der Waals surface area contributed by atoms with Gasteiger partial charge in [-0.1, -0.05) is 30.3 Å². The molecule has 4 rings (SSSR count). The highest BCUT2D eigenvalue weighted by Gasteiger charge is 2.29. The van der Waals surface area contributed by atoms with Gasteiger partial charge in [0.15, 0.2) is 0 Å². The van der Waals surface area contributed by atoms with Gasteiger partial charge < -0.3 is 15.0 Å². The van der Waals surface area contributed by atoms with Gasteiger partial charge >= 0.3 is 6.09 Å². The van der Waals surface area contributed by atoms with Crippen LogP contribution in [0.15, 0.2) is 42.5 Å². The number of anilines is 2. The van der Waals surface area contributed by atoms with Crippen molar-refractivity contribution in [1.29, 1.82) is 0 Å².